The van der Waals surface area contributed by atoms with Crippen LogP contribution in [0.5, 0.6) is 11.5 Å². The van der Waals surface area contributed by atoms with E-state index >= 15 is 0 Å². The van der Waals surface area contributed by atoms with Crippen LogP contribution in [0.15, 0.2) is 42.5 Å². The van der Waals surface area contributed by atoms with E-state index in [4.69, 9.17) is 20.2 Å². The highest BCUT2D eigenvalue weighted by Gasteiger charge is 2.40. The van der Waals surface area contributed by atoms with Crippen molar-refractivity contribution in [3.05, 3.63) is 48.0 Å². The first-order valence-corrected chi connectivity index (χ1v) is 13.6. The Labute approximate surface area is 229 Å². The summed E-state index contributed by atoms with van der Waals surface area (Å²) in [5.74, 6) is 1.85. The number of fused-ring (bicyclic) bond motifs is 1. The first-order chi connectivity index (χ1) is 18.4. The van der Waals surface area contributed by atoms with Crippen LogP contribution < -0.4 is 20.1 Å². The standard InChI is InChI=1S/C23H29N5O5S.C3H7NO/c1-27(22-25-18-14-20(33-3)19(32-2)13-17(18)21(24)26-22)15-23(16-7-5-4-6-8-16)9-11-28(12-10-23)34(29,30)31;1-4(2)3-5/h4-8,13-14H,9-12,15H2,1-3H3,(H2,24,25,26)(H,29,30,31);3H,1-2H3. The Morgan fingerprint density at radius 3 is 2.13 bits per heavy atom. The molecule has 0 spiro atoms. The van der Waals surface area contributed by atoms with Crippen LogP contribution in [-0.2, 0) is 20.5 Å². The van der Waals surface area contributed by atoms with Crippen LogP contribution in [0.3, 0.4) is 0 Å². The fourth-order valence-corrected chi connectivity index (χ4v) is 5.28. The predicted octanol–water partition coefficient (Wildman–Crippen LogP) is 2.21. The number of nitrogens with zero attached hydrogens (tertiary/aromatic N) is 5. The van der Waals surface area contributed by atoms with E-state index in [-0.39, 0.29) is 18.5 Å². The second-order valence-electron chi connectivity index (χ2n) is 9.58. The number of piperidine rings is 1. The number of hydrogen-bond acceptors (Lipinski definition) is 9. The van der Waals surface area contributed by atoms with E-state index in [0.29, 0.717) is 53.6 Å². The number of benzene rings is 2. The normalized spacial score (nSPS) is 15.1. The molecule has 0 unspecified atom stereocenters. The SMILES string of the molecule is CN(C)C=O.COc1cc2nc(N(C)CC3(c4ccccc4)CCN(S(=O)(=O)O)CC3)nc(N)c2cc1OC. The molecule has 12 nitrogen and oxygen atoms in total. The van der Waals surface area contributed by atoms with E-state index in [0.717, 1.165) is 16.3 Å². The first kappa shape index (κ1) is 29.9. The topological polar surface area (TPSA) is 151 Å². The average Bonchev–Trinajstić information content (AvgIpc) is 2.92. The van der Waals surface area contributed by atoms with Gasteiger partial charge < -0.3 is 25.0 Å². The second kappa shape index (κ2) is 12.5. The highest BCUT2D eigenvalue weighted by molar-refractivity contribution is 7.83. The van der Waals surface area contributed by atoms with Crippen molar-refractivity contribution in [2.75, 3.05) is 65.6 Å². The van der Waals surface area contributed by atoms with E-state index in [1.54, 1.807) is 40.4 Å². The molecule has 2 aromatic carbocycles. The highest BCUT2D eigenvalue weighted by atomic mass is 32.2. The molecule has 0 bridgehead atoms. The van der Waals surface area contributed by atoms with Crippen molar-refractivity contribution in [1.82, 2.24) is 19.2 Å². The number of rotatable bonds is 8. The molecule has 212 valence electrons. The molecule has 3 N–H and O–H groups in total. The molecule has 0 radical (unpaired) electrons. The average molecular weight is 561 g/mol. The van der Waals surface area contributed by atoms with Crippen LogP contribution in [0.2, 0.25) is 0 Å². The Morgan fingerprint density at radius 2 is 1.62 bits per heavy atom. The van der Waals surface area contributed by atoms with Gasteiger partial charge >= 0.3 is 10.3 Å². The molecule has 1 fully saturated rings. The molecule has 0 atom stereocenters. The Hall–Kier alpha value is -3.68. The molecule has 1 aliphatic heterocycles. The zero-order chi connectivity index (χ0) is 28.8. The maximum Gasteiger partial charge on any atom is 0.335 e. The third-order valence-corrected chi connectivity index (χ3v) is 7.72. The molecule has 1 aliphatic rings. The number of carbonyl (C=O) groups is 1. The summed E-state index contributed by atoms with van der Waals surface area (Å²) in [5, 5.41) is 0.661. The minimum atomic E-state index is -4.22. The summed E-state index contributed by atoms with van der Waals surface area (Å²) < 4.78 is 44.7. The molecule has 0 aliphatic carbocycles. The minimum Gasteiger partial charge on any atom is -0.493 e. The van der Waals surface area contributed by atoms with Gasteiger partial charge in [-0.1, -0.05) is 30.3 Å². The number of ether oxygens (including phenoxy) is 2. The van der Waals surface area contributed by atoms with Crippen LogP contribution in [0, 0.1) is 0 Å². The number of aromatic nitrogens is 2. The molecule has 1 aromatic heterocycles. The van der Waals surface area contributed by atoms with Gasteiger partial charge in [-0.15, -0.1) is 0 Å². The van der Waals surface area contributed by atoms with Crippen molar-refractivity contribution in [3.8, 4) is 11.5 Å². The third-order valence-electron chi connectivity index (χ3n) is 6.70. The lowest BCUT2D eigenvalue weighted by Crippen LogP contribution is -2.50. The Kier molecular flexibility index (Phi) is 9.54. The van der Waals surface area contributed by atoms with Gasteiger partial charge in [-0.05, 0) is 24.5 Å². The van der Waals surface area contributed by atoms with Gasteiger partial charge in [-0.3, -0.25) is 9.35 Å². The van der Waals surface area contributed by atoms with Crippen molar-refractivity contribution >= 4 is 39.4 Å². The van der Waals surface area contributed by atoms with Gasteiger partial charge in [0.05, 0.1) is 19.7 Å². The van der Waals surface area contributed by atoms with E-state index < -0.39 is 10.3 Å². The third kappa shape index (κ3) is 7.05. The number of hydrogen-bond donors (Lipinski definition) is 2. The second-order valence-corrected chi connectivity index (χ2v) is 11.0. The summed E-state index contributed by atoms with van der Waals surface area (Å²) in [6.07, 6.45) is 1.82. The number of carbonyl (C=O) groups excluding carboxylic acids is 1. The molecule has 2 heterocycles. The molecule has 3 aromatic rings. The molecule has 1 saturated heterocycles. The van der Waals surface area contributed by atoms with Gasteiger partial charge in [0.25, 0.3) is 0 Å². The number of nitrogens with two attached hydrogens (primary N) is 1. The summed E-state index contributed by atoms with van der Waals surface area (Å²) in [4.78, 5) is 22.1. The summed E-state index contributed by atoms with van der Waals surface area (Å²) in [7, 11) is 4.15. The summed E-state index contributed by atoms with van der Waals surface area (Å²) in [6.45, 7) is 0.979. The van der Waals surface area contributed by atoms with E-state index in [1.807, 2.05) is 42.3 Å². The summed E-state index contributed by atoms with van der Waals surface area (Å²) >= 11 is 0. The monoisotopic (exact) mass is 560 g/mol. The van der Waals surface area contributed by atoms with Crippen LogP contribution in [0.4, 0.5) is 11.8 Å². The lowest BCUT2D eigenvalue weighted by atomic mass is 9.73. The van der Waals surface area contributed by atoms with Crippen LogP contribution >= 0.6 is 0 Å². The largest absolute Gasteiger partial charge is 0.493 e. The van der Waals surface area contributed by atoms with Crippen LogP contribution in [0.1, 0.15) is 18.4 Å². The molecule has 4 rings (SSSR count). The molecular formula is C26H36N6O6S. The highest BCUT2D eigenvalue weighted by Crippen LogP contribution is 2.38. The van der Waals surface area contributed by atoms with Crippen molar-refractivity contribution in [2.24, 2.45) is 0 Å². The Morgan fingerprint density at radius 1 is 1.05 bits per heavy atom. The molecule has 1 amide bonds. The molecule has 39 heavy (non-hydrogen) atoms. The molecule has 0 saturated carbocycles. The minimum absolute atomic E-state index is 0.222. The van der Waals surface area contributed by atoms with Gasteiger partial charge in [0.2, 0.25) is 12.4 Å². The number of nitrogen functional groups attached to an aromatic ring is 1. The van der Waals surface area contributed by atoms with E-state index in [9.17, 15) is 17.8 Å². The first-order valence-electron chi connectivity index (χ1n) is 12.2. The van der Waals surface area contributed by atoms with Crippen LogP contribution in [-0.4, -0.2) is 93.6 Å². The number of amides is 1. The molecule has 13 heteroatoms. The van der Waals surface area contributed by atoms with Gasteiger partial charge in [0, 0.05) is 57.6 Å². The van der Waals surface area contributed by atoms with Gasteiger partial charge in [-0.25, -0.2) is 4.98 Å². The van der Waals surface area contributed by atoms with Crippen molar-refractivity contribution in [2.45, 2.75) is 18.3 Å². The summed E-state index contributed by atoms with van der Waals surface area (Å²) in [5.41, 5.74) is 7.64. The maximum atomic E-state index is 11.7. The van der Waals surface area contributed by atoms with E-state index in [1.165, 1.54) is 4.90 Å². The lowest BCUT2D eigenvalue weighted by molar-refractivity contribution is -0.115. The number of methoxy groups -OCH3 is 2. The smallest absolute Gasteiger partial charge is 0.335 e. The Balaban J connectivity index is 0.000000771. The fourth-order valence-electron chi connectivity index (χ4n) is 4.64. The van der Waals surface area contributed by atoms with E-state index in [2.05, 4.69) is 4.98 Å². The molecular weight excluding hydrogens is 524 g/mol. The zero-order valence-electron chi connectivity index (χ0n) is 22.9. The quantitative estimate of drug-likeness (QED) is 0.310. The predicted molar refractivity (Wildman–Crippen MR) is 151 cm³/mol. The van der Waals surface area contributed by atoms with Crippen molar-refractivity contribution in [1.29, 1.82) is 0 Å². The van der Waals surface area contributed by atoms with Gasteiger partial charge in [0.15, 0.2) is 11.5 Å². The van der Waals surface area contributed by atoms with Crippen molar-refractivity contribution in [3.63, 3.8) is 0 Å². The number of anilines is 2. The lowest BCUT2D eigenvalue weighted by Gasteiger charge is -2.43. The maximum absolute atomic E-state index is 11.7. The number of likely N-dealkylation sites (N-methyl/N-ethyl adjacent to an activating group) is 1. The van der Waals surface area contributed by atoms with Crippen molar-refractivity contribution < 1.29 is 27.2 Å². The van der Waals surface area contributed by atoms with Gasteiger partial charge in [-0.2, -0.15) is 17.7 Å². The zero-order valence-corrected chi connectivity index (χ0v) is 23.7. The Bertz CT molecular complexity index is 1380. The van der Waals surface area contributed by atoms with Crippen LogP contribution in [0.25, 0.3) is 10.9 Å². The fraction of sp³-hybridized carbons (Fsp3) is 0.423. The van der Waals surface area contributed by atoms with Gasteiger partial charge in [0.1, 0.15) is 5.82 Å². The summed E-state index contributed by atoms with van der Waals surface area (Å²) in [6, 6.07) is 13.5.